The largest absolute Gasteiger partial charge is 0.464 e. The van der Waals surface area contributed by atoms with Gasteiger partial charge in [0.2, 0.25) is 0 Å². The van der Waals surface area contributed by atoms with Gasteiger partial charge >= 0.3 is 0 Å². The van der Waals surface area contributed by atoms with E-state index in [9.17, 15) is 0 Å². The molecule has 1 aliphatic rings. The predicted octanol–water partition coefficient (Wildman–Crippen LogP) is 3.47. The Morgan fingerprint density at radius 2 is 2.05 bits per heavy atom. The van der Waals surface area contributed by atoms with Gasteiger partial charge in [-0.05, 0) is 50.9 Å². The van der Waals surface area contributed by atoms with Crippen LogP contribution < -0.4 is 5.32 Å². The Kier molecular flexibility index (Phi) is 5.28. The molecule has 1 fully saturated rings. The topological polar surface area (TPSA) is 28.4 Å². The van der Waals surface area contributed by atoms with E-state index in [1.165, 1.54) is 18.6 Å². The van der Waals surface area contributed by atoms with Crippen molar-refractivity contribution in [3.63, 3.8) is 0 Å². The Bertz CT molecular complexity index is 411. The van der Waals surface area contributed by atoms with Gasteiger partial charge in [0.25, 0.3) is 0 Å². The highest BCUT2D eigenvalue weighted by Crippen LogP contribution is 2.47. The molecule has 0 bridgehead atoms. The van der Waals surface area contributed by atoms with Gasteiger partial charge in [-0.15, -0.1) is 0 Å². The summed E-state index contributed by atoms with van der Waals surface area (Å²) < 4.78 is 5.93. The molecule has 0 aliphatic heterocycles. The number of hydrogen-bond donors (Lipinski definition) is 1. The Morgan fingerprint density at radius 3 is 2.60 bits per heavy atom. The van der Waals surface area contributed by atoms with Gasteiger partial charge in [0.15, 0.2) is 0 Å². The summed E-state index contributed by atoms with van der Waals surface area (Å²) in [7, 11) is 4.32. The molecule has 3 atom stereocenters. The van der Waals surface area contributed by atoms with Crippen LogP contribution in [0.5, 0.6) is 0 Å². The quantitative estimate of drug-likeness (QED) is 0.789. The predicted molar refractivity (Wildman–Crippen MR) is 83.9 cm³/mol. The molecule has 1 saturated carbocycles. The number of furan rings is 1. The molecule has 1 aromatic heterocycles. The molecule has 3 nitrogen and oxygen atoms in total. The minimum atomic E-state index is 0.591. The molecule has 1 N–H and O–H groups in total. The lowest BCUT2D eigenvalue weighted by atomic mass is 10.0. The molecule has 0 amide bonds. The minimum Gasteiger partial charge on any atom is -0.464 e. The minimum absolute atomic E-state index is 0.591. The van der Waals surface area contributed by atoms with Crippen LogP contribution in [0.2, 0.25) is 0 Å². The molecule has 3 unspecified atom stereocenters. The van der Waals surface area contributed by atoms with Gasteiger partial charge < -0.3 is 14.6 Å². The summed E-state index contributed by atoms with van der Waals surface area (Å²) in [4.78, 5) is 2.31. The summed E-state index contributed by atoms with van der Waals surface area (Å²) in [6.07, 6.45) is 2.51. The number of likely N-dealkylation sites (N-methyl/N-ethyl adjacent to an activating group) is 1. The molecular weight excluding hydrogens is 248 g/mol. The van der Waals surface area contributed by atoms with Gasteiger partial charge in [-0.1, -0.05) is 20.8 Å². The van der Waals surface area contributed by atoms with Crippen molar-refractivity contribution in [2.24, 2.45) is 11.8 Å². The molecule has 1 aliphatic carbocycles. The smallest absolute Gasteiger partial charge is 0.117 e. The van der Waals surface area contributed by atoms with Crippen LogP contribution >= 0.6 is 0 Å². The summed E-state index contributed by atoms with van der Waals surface area (Å²) in [5.74, 6) is 4.47. The molecule has 0 radical (unpaired) electrons. The van der Waals surface area contributed by atoms with E-state index >= 15 is 0 Å². The number of nitrogens with one attached hydrogen (secondary N) is 1. The number of hydrogen-bond acceptors (Lipinski definition) is 3. The van der Waals surface area contributed by atoms with Crippen molar-refractivity contribution in [3.8, 4) is 0 Å². The summed E-state index contributed by atoms with van der Waals surface area (Å²) >= 11 is 0. The van der Waals surface area contributed by atoms with E-state index in [1.807, 2.05) is 0 Å². The number of nitrogens with zero attached hydrogens (tertiary/aromatic N) is 1. The van der Waals surface area contributed by atoms with E-state index in [1.54, 1.807) is 0 Å². The highest BCUT2D eigenvalue weighted by Gasteiger charge is 2.36. The fourth-order valence-corrected chi connectivity index (χ4v) is 2.79. The Balaban J connectivity index is 1.75. The van der Waals surface area contributed by atoms with Gasteiger partial charge in [0, 0.05) is 18.5 Å². The first-order chi connectivity index (χ1) is 9.47. The molecule has 114 valence electrons. The van der Waals surface area contributed by atoms with Crippen molar-refractivity contribution in [2.75, 3.05) is 20.6 Å². The fraction of sp³-hybridized carbons (Fsp3) is 0.765. The van der Waals surface area contributed by atoms with Crippen LogP contribution in [-0.2, 0) is 6.54 Å². The lowest BCUT2D eigenvalue weighted by molar-refractivity contribution is 0.245. The van der Waals surface area contributed by atoms with Crippen LogP contribution in [0.25, 0.3) is 0 Å². The zero-order valence-corrected chi connectivity index (χ0v) is 13.6. The van der Waals surface area contributed by atoms with Crippen molar-refractivity contribution in [1.82, 2.24) is 10.2 Å². The van der Waals surface area contributed by atoms with Crippen LogP contribution in [0.4, 0.5) is 0 Å². The Labute approximate surface area is 123 Å². The zero-order valence-electron chi connectivity index (χ0n) is 13.6. The van der Waals surface area contributed by atoms with Crippen molar-refractivity contribution in [2.45, 2.75) is 52.1 Å². The summed E-state index contributed by atoms with van der Waals surface area (Å²) in [5, 5.41) is 3.54. The summed E-state index contributed by atoms with van der Waals surface area (Å²) in [6, 6.07) is 4.87. The second-order valence-electron chi connectivity index (χ2n) is 7.00. The molecule has 0 aromatic carbocycles. The highest BCUT2D eigenvalue weighted by atomic mass is 16.3. The third kappa shape index (κ3) is 4.35. The summed E-state index contributed by atoms with van der Waals surface area (Å²) in [6.45, 7) is 8.71. The van der Waals surface area contributed by atoms with E-state index < -0.39 is 0 Å². The first-order valence-corrected chi connectivity index (χ1v) is 7.93. The first kappa shape index (κ1) is 15.6. The molecule has 2 rings (SSSR count). The SMILES string of the molecule is CC(C)CC(CNCc1ccc(C2CC2C)o1)N(C)C. The zero-order chi connectivity index (χ0) is 14.7. The summed E-state index contributed by atoms with van der Waals surface area (Å²) in [5.41, 5.74) is 0. The fourth-order valence-electron chi connectivity index (χ4n) is 2.79. The first-order valence-electron chi connectivity index (χ1n) is 7.93. The molecular formula is C17H30N2O. The van der Waals surface area contributed by atoms with Crippen molar-refractivity contribution >= 4 is 0 Å². The molecule has 1 heterocycles. The van der Waals surface area contributed by atoms with Gasteiger partial charge in [-0.3, -0.25) is 0 Å². The molecule has 1 aromatic rings. The van der Waals surface area contributed by atoms with Gasteiger partial charge in [-0.2, -0.15) is 0 Å². The van der Waals surface area contributed by atoms with Gasteiger partial charge in [0.1, 0.15) is 11.5 Å². The lowest BCUT2D eigenvalue weighted by Crippen LogP contribution is -2.38. The van der Waals surface area contributed by atoms with Crippen molar-refractivity contribution < 1.29 is 4.42 Å². The average Bonchev–Trinajstić information content (AvgIpc) is 2.91. The second kappa shape index (κ2) is 6.77. The monoisotopic (exact) mass is 278 g/mol. The maximum absolute atomic E-state index is 5.93. The molecule has 0 saturated heterocycles. The molecule has 0 spiro atoms. The van der Waals surface area contributed by atoms with E-state index in [2.05, 4.69) is 57.2 Å². The maximum Gasteiger partial charge on any atom is 0.117 e. The number of rotatable bonds is 8. The molecule has 20 heavy (non-hydrogen) atoms. The van der Waals surface area contributed by atoms with Crippen LogP contribution in [0.1, 0.15) is 51.1 Å². The standard InChI is InChI=1S/C17H30N2O/c1-12(2)8-14(19(4)5)10-18-11-15-6-7-17(20-15)16-9-13(16)3/h6-7,12-14,16,18H,8-11H2,1-5H3. The van der Waals surface area contributed by atoms with Crippen molar-refractivity contribution in [3.05, 3.63) is 23.7 Å². The third-order valence-electron chi connectivity index (χ3n) is 4.31. The van der Waals surface area contributed by atoms with Gasteiger partial charge in [-0.25, -0.2) is 0 Å². The van der Waals surface area contributed by atoms with Crippen LogP contribution in [0.3, 0.4) is 0 Å². The van der Waals surface area contributed by atoms with E-state index in [0.29, 0.717) is 12.0 Å². The second-order valence-corrected chi connectivity index (χ2v) is 7.00. The third-order valence-corrected chi connectivity index (χ3v) is 4.31. The normalized spacial score (nSPS) is 23.6. The van der Waals surface area contributed by atoms with E-state index in [0.717, 1.165) is 30.7 Å². The van der Waals surface area contributed by atoms with E-state index in [-0.39, 0.29) is 0 Å². The van der Waals surface area contributed by atoms with Crippen LogP contribution in [-0.4, -0.2) is 31.6 Å². The average molecular weight is 278 g/mol. The Morgan fingerprint density at radius 1 is 1.35 bits per heavy atom. The maximum atomic E-state index is 5.93. The van der Waals surface area contributed by atoms with Crippen LogP contribution in [0.15, 0.2) is 16.5 Å². The van der Waals surface area contributed by atoms with E-state index in [4.69, 9.17) is 4.42 Å². The van der Waals surface area contributed by atoms with Crippen LogP contribution in [0, 0.1) is 11.8 Å². The Hall–Kier alpha value is -0.800. The highest BCUT2D eigenvalue weighted by molar-refractivity contribution is 5.17. The molecule has 3 heteroatoms. The van der Waals surface area contributed by atoms with Crippen molar-refractivity contribution in [1.29, 1.82) is 0 Å². The van der Waals surface area contributed by atoms with Gasteiger partial charge in [0.05, 0.1) is 6.54 Å². The lowest BCUT2D eigenvalue weighted by Gasteiger charge is -2.26.